The van der Waals surface area contributed by atoms with E-state index in [1.807, 2.05) is 17.5 Å². The Balaban J connectivity index is 1.96. The van der Waals surface area contributed by atoms with Crippen molar-refractivity contribution in [2.45, 2.75) is 24.5 Å². The molecule has 0 radical (unpaired) electrons. The van der Waals surface area contributed by atoms with Gasteiger partial charge in [-0.25, -0.2) is 4.98 Å². The number of nitrogens with two attached hydrogens (primary N) is 2. The molecule has 3 aromatic rings. The van der Waals surface area contributed by atoms with E-state index < -0.39 is 31.1 Å². The van der Waals surface area contributed by atoms with E-state index in [2.05, 4.69) is 15.0 Å². The first kappa shape index (κ1) is 16.2. The molecule has 4 rings (SSSR count). The lowest BCUT2D eigenvalue weighted by Gasteiger charge is -2.19. The molecule has 1 fully saturated rings. The maximum Gasteiger partial charge on any atom is 0.224 e. The lowest BCUT2D eigenvalue weighted by molar-refractivity contribution is -0.0502. The molecule has 0 amide bonds. The molecule has 0 bridgehead atoms. The van der Waals surface area contributed by atoms with E-state index in [0.29, 0.717) is 11.3 Å². The average Bonchev–Trinajstić information content (AvgIpc) is 3.27. The number of nitrogens with zero attached hydrogens (tertiary/aromatic N) is 4. The molecule has 0 saturated carbocycles. The number of ether oxygens (including phenoxy) is 1. The molecule has 4 atom stereocenters. The van der Waals surface area contributed by atoms with Crippen molar-refractivity contribution < 1.29 is 20.1 Å². The van der Waals surface area contributed by atoms with Gasteiger partial charge in [0.25, 0.3) is 0 Å². The number of hydrogen-bond donors (Lipinski definition) is 5. The average molecular weight is 364 g/mol. The minimum absolute atomic E-state index is 0.0457. The predicted molar refractivity (Wildman–Crippen MR) is 90.5 cm³/mol. The highest BCUT2D eigenvalue weighted by Crippen LogP contribution is 2.37. The first-order valence-electron chi connectivity index (χ1n) is 7.48. The molecule has 4 heterocycles. The standard InChI is InChI=1S/C14H16N6O4S/c15-10-7-12(19-14(16)18-10)20(11(17-7)6-2-1-3-25-6)13-9(23)8(22)5(4-21)24-13/h1-3,5,8-9,13,21-23H,4H2,(H4,15,16,18,19)/t5-,8-,9-,13-/m1/s1. The fourth-order valence-electron chi connectivity index (χ4n) is 2.93. The summed E-state index contributed by atoms with van der Waals surface area (Å²) in [7, 11) is 0. The lowest BCUT2D eigenvalue weighted by Crippen LogP contribution is -2.33. The van der Waals surface area contributed by atoms with Crippen LogP contribution in [0, 0.1) is 0 Å². The Morgan fingerprint density at radius 2 is 2.00 bits per heavy atom. The van der Waals surface area contributed by atoms with Crippen LogP contribution in [0.25, 0.3) is 21.9 Å². The van der Waals surface area contributed by atoms with E-state index in [1.54, 1.807) is 0 Å². The van der Waals surface area contributed by atoms with Gasteiger partial charge in [-0.1, -0.05) is 6.07 Å². The Hall–Kier alpha value is -2.31. The summed E-state index contributed by atoms with van der Waals surface area (Å²) in [6.07, 6.45) is -4.47. The Morgan fingerprint density at radius 1 is 1.20 bits per heavy atom. The smallest absolute Gasteiger partial charge is 0.224 e. The van der Waals surface area contributed by atoms with Crippen LogP contribution in [-0.2, 0) is 4.74 Å². The number of nitrogen functional groups attached to an aromatic ring is 2. The summed E-state index contributed by atoms with van der Waals surface area (Å²) >= 11 is 1.43. The summed E-state index contributed by atoms with van der Waals surface area (Å²) in [5.41, 5.74) is 12.2. The predicted octanol–water partition coefficient (Wildman–Crippen LogP) is -0.669. The Kier molecular flexibility index (Phi) is 3.81. The van der Waals surface area contributed by atoms with Gasteiger partial charge in [0.15, 0.2) is 29.0 Å². The highest BCUT2D eigenvalue weighted by atomic mass is 32.1. The molecule has 25 heavy (non-hydrogen) atoms. The SMILES string of the molecule is Nc1nc(N)c2nc(-c3cccs3)n([C@@H]3O[C@H](CO)[C@@H](O)[C@H]3O)c2n1. The van der Waals surface area contributed by atoms with Gasteiger partial charge >= 0.3 is 0 Å². The fraction of sp³-hybridized carbons (Fsp3) is 0.357. The molecule has 11 heteroatoms. The zero-order chi connectivity index (χ0) is 17.7. The van der Waals surface area contributed by atoms with Crippen molar-refractivity contribution in [3.05, 3.63) is 17.5 Å². The van der Waals surface area contributed by atoms with Crippen molar-refractivity contribution in [2.24, 2.45) is 0 Å². The molecular formula is C14H16N6O4S. The van der Waals surface area contributed by atoms with Crippen LogP contribution in [0.5, 0.6) is 0 Å². The Morgan fingerprint density at radius 3 is 2.64 bits per heavy atom. The maximum absolute atomic E-state index is 10.4. The van der Waals surface area contributed by atoms with Gasteiger partial charge in [-0.05, 0) is 11.4 Å². The summed E-state index contributed by atoms with van der Waals surface area (Å²) < 4.78 is 7.17. The van der Waals surface area contributed by atoms with Crippen molar-refractivity contribution in [1.29, 1.82) is 0 Å². The fourth-order valence-corrected chi connectivity index (χ4v) is 3.64. The second-order valence-corrected chi connectivity index (χ2v) is 6.60. The van der Waals surface area contributed by atoms with Crippen molar-refractivity contribution in [3.8, 4) is 10.7 Å². The van der Waals surface area contributed by atoms with Crippen LogP contribution in [0.3, 0.4) is 0 Å². The number of fused-ring (bicyclic) bond motifs is 1. The van der Waals surface area contributed by atoms with Crippen LogP contribution in [0.15, 0.2) is 17.5 Å². The number of anilines is 2. The van der Waals surface area contributed by atoms with E-state index >= 15 is 0 Å². The van der Waals surface area contributed by atoms with Gasteiger partial charge in [-0.2, -0.15) is 9.97 Å². The third kappa shape index (κ3) is 2.44. The van der Waals surface area contributed by atoms with E-state index in [0.717, 1.165) is 4.88 Å². The Bertz CT molecular complexity index is 914. The van der Waals surface area contributed by atoms with Gasteiger partial charge in [0, 0.05) is 0 Å². The lowest BCUT2D eigenvalue weighted by atomic mass is 10.1. The second kappa shape index (κ2) is 5.89. The van der Waals surface area contributed by atoms with Crippen molar-refractivity contribution in [2.75, 3.05) is 18.1 Å². The minimum atomic E-state index is -1.29. The molecule has 0 aliphatic carbocycles. The first-order valence-corrected chi connectivity index (χ1v) is 8.36. The monoisotopic (exact) mass is 364 g/mol. The number of imidazole rings is 1. The second-order valence-electron chi connectivity index (χ2n) is 5.65. The van der Waals surface area contributed by atoms with Gasteiger partial charge < -0.3 is 31.5 Å². The van der Waals surface area contributed by atoms with Gasteiger partial charge in [0.2, 0.25) is 5.95 Å². The van der Waals surface area contributed by atoms with Crippen molar-refractivity contribution >= 4 is 34.3 Å². The van der Waals surface area contributed by atoms with E-state index in [9.17, 15) is 15.3 Å². The normalized spacial score (nSPS) is 26.5. The Labute approximate surface area is 145 Å². The number of thiophene rings is 1. The molecule has 1 aliphatic rings. The van der Waals surface area contributed by atoms with E-state index in [1.165, 1.54) is 15.9 Å². The van der Waals surface area contributed by atoms with Crippen LogP contribution >= 0.6 is 11.3 Å². The summed E-state index contributed by atoms with van der Waals surface area (Å²) in [6.45, 7) is -0.436. The molecule has 7 N–H and O–H groups in total. The molecule has 0 spiro atoms. The number of rotatable bonds is 3. The van der Waals surface area contributed by atoms with Crippen LogP contribution in [0.2, 0.25) is 0 Å². The number of aromatic nitrogens is 4. The maximum atomic E-state index is 10.4. The molecule has 1 saturated heterocycles. The van der Waals surface area contributed by atoms with Crippen molar-refractivity contribution in [3.63, 3.8) is 0 Å². The molecule has 3 aromatic heterocycles. The first-order chi connectivity index (χ1) is 12.0. The number of aliphatic hydroxyl groups is 3. The number of aliphatic hydroxyl groups excluding tert-OH is 3. The molecule has 0 aromatic carbocycles. The summed E-state index contributed by atoms with van der Waals surface area (Å²) in [5, 5.41) is 31.7. The zero-order valence-electron chi connectivity index (χ0n) is 12.9. The van der Waals surface area contributed by atoms with Gasteiger partial charge in [0.05, 0.1) is 11.5 Å². The van der Waals surface area contributed by atoms with E-state index in [4.69, 9.17) is 16.2 Å². The molecule has 1 aliphatic heterocycles. The highest BCUT2D eigenvalue weighted by Gasteiger charge is 2.45. The molecular weight excluding hydrogens is 348 g/mol. The number of hydrogen-bond acceptors (Lipinski definition) is 10. The van der Waals surface area contributed by atoms with Crippen LogP contribution < -0.4 is 11.5 Å². The van der Waals surface area contributed by atoms with Crippen LogP contribution in [0.1, 0.15) is 6.23 Å². The van der Waals surface area contributed by atoms with Gasteiger partial charge in [-0.15, -0.1) is 11.3 Å². The third-order valence-corrected chi connectivity index (χ3v) is 4.96. The van der Waals surface area contributed by atoms with Gasteiger partial charge in [0.1, 0.15) is 18.3 Å². The zero-order valence-corrected chi connectivity index (χ0v) is 13.7. The molecule has 132 valence electrons. The van der Waals surface area contributed by atoms with Gasteiger partial charge in [-0.3, -0.25) is 4.57 Å². The summed E-state index contributed by atoms with van der Waals surface area (Å²) in [5.74, 6) is 0.507. The minimum Gasteiger partial charge on any atom is -0.394 e. The third-order valence-electron chi connectivity index (χ3n) is 4.10. The van der Waals surface area contributed by atoms with E-state index in [-0.39, 0.29) is 17.4 Å². The van der Waals surface area contributed by atoms with Crippen LogP contribution in [-0.4, -0.2) is 59.8 Å². The summed E-state index contributed by atoms with van der Waals surface area (Å²) in [6, 6.07) is 3.70. The molecule has 0 unspecified atom stereocenters. The highest BCUT2D eigenvalue weighted by molar-refractivity contribution is 7.13. The quantitative estimate of drug-likeness (QED) is 0.405. The topological polar surface area (TPSA) is 166 Å². The van der Waals surface area contributed by atoms with Crippen LogP contribution in [0.4, 0.5) is 11.8 Å². The summed E-state index contributed by atoms with van der Waals surface area (Å²) in [4.78, 5) is 13.4. The largest absolute Gasteiger partial charge is 0.394 e. The van der Waals surface area contributed by atoms with Crippen molar-refractivity contribution in [1.82, 2.24) is 19.5 Å². The molecule has 10 nitrogen and oxygen atoms in total.